The van der Waals surface area contributed by atoms with Crippen molar-refractivity contribution >= 4 is 11.9 Å². The Kier molecular flexibility index (Phi) is 6.61. The van der Waals surface area contributed by atoms with Crippen LogP contribution < -0.4 is 5.32 Å². The van der Waals surface area contributed by atoms with Crippen LogP contribution in [0.1, 0.15) is 39.5 Å². The van der Waals surface area contributed by atoms with E-state index in [-0.39, 0.29) is 18.4 Å². The van der Waals surface area contributed by atoms with Crippen LogP contribution in [0.3, 0.4) is 0 Å². The van der Waals surface area contributed by atoms with E-state index in [1.807, 2.05) is 13.8 Å². The third kappa shape index (κ3) is 6.44. The molecule has 0 unspecified atom stereocenters. The lowest BCUT2D eigenvalue weighted by Crippen LogP contribution is -2.47. The minimum absolute atomic E-state index is 0.0472. The second-order valence-electron chi connectivity index (χ2n) is 6.71. The van der Waals surface area contributed by atoms with E-state index < -0.39 is 11.6 Å². The highest BCUT2D eigenvalue weighted by Crippen LogP contribution is 2.32. The fraction of sp³-hybridized carbons (Fsp3) is 0.867. The zero-order valence-electron chi connectivity index (χ0n) is 13.3. The van der Waals surface area contributed by atoms with E-state index in [4.69, 9.17) is 5.11 Å². The van der Waals surface area contributed by atoms with E-state index in [0.717, 1.165) is 0 Å². The Morgan fingerprint density at radius 1 is 1.33 bits per heavy atom. The fourth-order valence-corrected chi connectivity index (χ4v) is 2.74. The minimum Gasteiger partial charge on any atom is -0.481 e. The fourth-order valence-electron chi connectivity index (χ4n) is 2.74. The first-order chi connectivity index (χ1) is 9.72. The van der Waals surface area contributed by atoms with Gasteiger partial charge in [0.15, 0.2) is 0 Å². The first-order valence-corrected chi connectivity index (χ1v) is 7.62. The zero-order valence-corrected chi connectivity index (χ0v) is 13.3. The minimum atomic E-state index is -0.876. The average molecular weight is 300 g/mol. The van der Waals surface area contributed by atoms with Gasteiger partial charge in [0, 0.05) is 13.1 Å². The molecule has 1 aliphatic rings. The van der Waals surface area contributed by atoms with Crippen LogP contribution in [0.5, 0.6) is 0 Å². The van der Waals surface area contributed by atoms with Gasteiger partial charge in [-0.15, -0.1) is 0 Å². The topological polar surface area (TPSA) is 89.9 Å². The molecule has 0 radical (unpaired) electrons. The van der Waals surface area contributed by atoms with E-state index in [2.05, 4.69) is 5.32 Å². The Labute approximate surface area is 126 Å². The summed E-state index contributed by atoms with van der Waals surface area (Å²) in [6, 6.07) is 0. The maximum Gasteiger partial charge on any atom is 0.306 e. The number of aliphatic carboxylic acids is 1. The van der Waals surface area contributed by atoms with Crippen LogP contribution in [0, 0.1) is 11.8 Å². The Bertz CT molecular complexity index is 363. The van der Waals surface area contributed by atoms with Gasteiger partial charge >= 0.3 is 5.97 Å². The highest BCUT2D eigenvalue weighted by atomic mass is 16.4. The van der Waals surface area contributed by atoms with Gasteiger partial charge in [-0.2, -0.15) is 0 Å². The summed E-state index contributed by atoms with van der Waals surface area (Å²) in [5, 5.41) is 22.3. The number of hydrogen-bond acceptors (Lipinski definition) is 4. The molecule has 1 rings (SSSR count). The average Bonchev–Trinajstić information content (AvgIpc) is 2.36. The van der Waals surface area contributed by atoms with Crippen LogP contribution in [-0.4, -0.2) is 59.3 Å². The lowest BCUT2D eigenvalue weighted by molar-refractivity contribution is -0.145. The molecule has 0 heterocycles. The molecule has 0 saturated heterocycles. The van der Waals surface area contributed by atoms with Gasteiger partial charge in [-0.1, -0.05) is 13.8 Å². The smallest absolute Gasteiger partial charge is 0.306 e. The van der Waals surface area contributed by atoms with Crippen LogP contribution in [0.15, 0.2) is 0 Å². The van der Waals surface area contributed by atoms with E-state index in [1.54, 1.807) is 11.9 Å². The largest absolute Gasteiger partial charge is 0.481 e. The Balaban J connectivity index is 2.35. The van der Waals surface area contributed by atoms with Crippen molar-refractivity contribution in [3.05, 3.63) is 0 Å². The first kappa shape index (κ1) is 17.9. The molecule has 0 bridgehead atoms. The highest BCUT2D eigenvalue weighted by molar-refractivity contribution is 5.77. The molecule has 0 atom stereocenters. The van der Waals surface area contributed by atoms with Crippen molar-refractivity contribution in [2.45, 2.75) is 45.1 Å². The normalized spacial score (nSPS) is 26.1. The predicted molar refractivity (Wildman–Crippen MR) is 79.9 cm³/mol. The van der Waals surface area contributed by atoms with Crippen LogP contribution >= 0.6 is 0 Å². The Morgan fingerprint density at radius 3 is 2.38 bits per heavy atom. The van der Waals surface area contributed by atoms with E-state index >= 15 is 0 Å². The van der Waals surface area contributed by atoms with E-state index in [1.165, 1.54) is 0 Å². The lowest BCUT2D eigenvalue weighted by atomic mass is 9.78. The van der Waals surface area contributed by atoms with Crippen molar-refractivity contribution in [2.75, 3.05) is 26.7 Å². The standard InChI is InChI=1S/C15H28N2O4/c1-11(2)8-16-13(18)9-17(3)10-15(21)6-4-12(5-7-15)14(19)20/h11-12,21H,4-10H2,1-3H3,(H,16,18)(H,19,20). The van der Waals surface area contributed by atoms with Gasteiger partial charge in [-0.25, -0.2) is 0 Å². The van der Waals surface area contributed by atoms with Gasteiger partial charge in [0.1, 0.15) is 0 Å². The number of carboxylic acid groups (broad SMARTS) is 1. The summed E-state index contributed by atoms with van der Waals surface area (Å²) in [5.74, 6) is -0.757. The molecule has 21 heavy (non-hydrogen) atoms. The summed E-state index contributed by atoms with van der Waals surface area (Å²) in [6.45, 7) is 5.37. The second kappa shape index (κ2) is 7.75. The number of aliphatic hydroxyl groups is 1. The molecule has 1 saturated carbocycles. The first-order valence-electron chi connectivity index (χ1n) is 7.62. The van der Waals surface area contributed by atoms with Crippen molar-refractivity contribution in [2.24, 2.45) is 11.8 Å². The Morgan fingerprint density at radius 2 is 1.90 bits per heavy atom. The third-order valence-electron chi connectivity index (χ3n) is 3.95. The molecule has 6 nitrogen and oxygen atoms in total. The monoisotopic (exact) mass is 300 g/mol. The van der Waals surface area contributed by atoms with Crippen molar-refractivity contribution in [1.82, 2.24) is 10.2 Å². The molecule has 122 valence electrons. The van der Waals surface area contributed by atoms with Crippen LogP contribution in [0.2, 0.25) is 0 Å². The molecule has 1 fully saturated rings. The number of carbonyl (C=O) groups is 2. The quantitative estimate of drug-likeness (QED) is 0.644. The van der Waals surface area contributed by atoms with Gasteiger partial charge in [0.25, 0.3) is 0 Å². The van der Waals surface area contributed by atoms with E-state index in [0.29, 0.717) is 44.7 Å². The van der Waals surface area contributed by atoms with Crippen LogP contribution in [0.25, 0.3) is 0 Å². The number of carbonyl (C=O) groups excluding carboxylic acids is 1. The number of amides is 1. The zero-order chi connectivity index (χ0) is 16.0. The number of nitrogens with one attached hydrogen (secondary N) is 1. The maximum absolute atomic E-state index is 11.7. The Hall–Kier alpha value is -1.14. The number of rotatable bonds is 7. The van der Waals surface area contributed by atoms with Crippen molar-refractivity contribution in [3.8, 4) is 0 Å². The maximum atomic E-state index is 11.7. The van der Waals surface area contributed by atoms with Crippen molar-refractivity contribution in [3.63, 3.8) is 0 Å². The van der Waals surface area contributed by atoms with Gasteiger partial charge < -0.3 is 15.5 Å². The van der Waals surface area contributed by atoms with Crippen LogP contribution in [-0.2, 0) is 9.59 Å². The van der Waals surface area contributed by atoms with Crippen molar-refractivity contribution in [1.29, 1.82) is 0 Å². The number of carboxylic acids is 1. The number of hydrogen-bond donors (Lipinski definition) is 3. The third-order valence-corrected chi connectivity index (χ3v) is 3.95. The lowest BCUT2D eigenvalue weighted by Gasteiger charge is -2.37. The van der Waals surface area contributed by atoms with Crippen molar-refractivity contribution < 1.29 is 19.8 Å². The molecule has 0 aromatic rings. The summed E-state index contributed by atoms with van der Waals surface area (Å²) >= 11 is 0. The molecular weight excluding hydrogens is 272 g/mol. The second-order valence-corrected chi connectivity index (χ2v) is 6.71. The summed E-state index contributed by atoms with van der Waals surface area (Å²) in [5.41, 5.74) is -0.876. The summed E-state index contributed by atoms with van der Waals surface area (Å²) < 4.78 is 0. The number of nitrogens with zero attached hydrogens (tertiary/aromatic N) is 1. The summed E-state index contributed by atoms with van der Waals surface area (Å²) in [4.78, 5) is 24.5. The van der Waals surface area contributed by atoms with Gasteiger partial charge in [0.2, 0.25) is 5.91 Å². The summed E-state index contributed by atoms with van der Waals surface area (Å²) in [7, 11) is 1.80. The molecule has 1 aliphatic carbocycles. The predicted octanol–water partition coefficient (Wildman–Crippen LogP) is 0.696. The molecule has 0 aromatic carbocycles. The molecule has 1 amide bonds. The molecule has 3 N–H and O–H groups in total. The SMILES string of the molecule is CC(C)CNC(=O)CN(C)CC1(O)CCC(C(=O)O)CC1. The van der Waals surface area contributed by atoms with Crippen LogP contribution in [0.4, 0.5) is 0 Å². The molecule has 0 aromatic heterocycles. The molecular formula is C15H28N2O4. The van der Waals surface area contributed by atoms with Gasteiger partial charge in [0.05, 0.1) is 18.1 Å². The number of likely N-dealkylation sites (N-methyl/N-ethyl adjacent to an activating group) is 1. The van der Waals surface area contributed by atoms with E-state index in [9.17, 15) is 14.7 Å². The molecule has 6 heteroatoms. The molecule has 0 aliphatic heterocycles. The van der Waals surface area contributed by atoms with Gasteiger partial charge in [-0.05, 0) is 38.6 Å². The molecule has 0 spiro atoms. The highest BCUT2D eigenvalue weighted by Gasteiger charge is 2.36. The summed E-state index contributed by atoms with van der Waals surface area (Å²) in [6.07, 6.45) is 1.95. The van der Waals surface area contributed by atoms with Gasteiger partial charge in [-0.3, -0.25) is 14.5 Å².